The first kappa shape index (κ1) is 12.3. The quantitative estimate of drug-likeness (QED) is 0.583. The van der Waals surface area contributed by atoms with Gasteiger partial charge in [-0.2, -0.15) is 0 Å². The minimum atomic E-state index is -0.200. The molecule has 3 heteroatoms. The molecule has 0 saturated heterocycles. The van der Waals surface area contributed by atoms with E-state index in [-0.39, 0.29) is 11.8 Å². The third kappa shape index (κ3) is 5.75. The molecule has 0 rings (SSSR count). The van der Waals surface area contributed by atoms with Crippen molar-refractivity contribution in [3.8, 4) is 0 Å². The summed E-state index contributed by atoms with van der Waals surface area (Å²) in [5.74, 6) is 0. The Labute approximate surface area is 62.8 Å². The van der Waals surface area contributed by atoms with Crippen LogP contribution < -0.4 is 11.9 Å². The predicted molar refractivity (Wildman–Crippen MR) is 44.3 cm³/mol. The van der Waals surface area contributed by atoms with Crippen molar-refractivity contribution in [3.63, 3.8) is 0 Å². The molecule has 0 bridgehead atoms. The molecule has 0 amide bonds. The van der Waals surface area contributed by atoms with Crippen LogP contribution in [0.25, 0.3) is 0 Å². The highest BCUT2D eigenvalue weighted by Crippen LogP contribution is 2.04. The third-order valence-electron chi connectivity index (χ3n) is 1.08. The maximum absolute atomic E-state index is 5.39. The van der Waals surface area contributed by atoms with E-state index in [1.54, 1.807) is 6.08 Å². The summed E-state index contributed by atoms with van der Waals surface area (Å²) in [4.78, 5) is 0. The Bertz CT molecular complexity index is 91.6. The number of hydrogen-bond donors (Lipinski definition) is 2. The van der Waals surface area contributed by atoms with E-state index >= 15 is 0 Å². The molecule has 0 aliphatic carbocycles. The first-order valence-corrected chi connectivity index (χ1v) is 3.07. The highest BCUT2D eigenvalue weighted by Gasteiger charge is 2.13. The molecule has 0 unspecified atom stereocenters. The zero-order valence-electron chi connectivity index (χ0n) is 6.89. The smallest absolute Gasteiger partial charge is 0.0752 e. The SMILES string of the molecule is C=CCOC(C)(C)CN.N. The van der Waals surface area contributed by atoms with Crippen LogP contribution in [0.3, 0.4) is 0 Å². The van der Waals surface area contributed by atoms with Crippen molar-refractivity contribution >= 4 is 0 Å². The second-order valence-electron chi connectivity index (χ2n) is 2.56. The fraction of sp³-hybridized carbons (Fsp3) is 0.714. The maximum atomic E-state index is 5.39. The fourth-order valence-corrected chi connectivity index (χ4v) is 0.343. The van der Waals surface area contributed by atoms with E-state index in [0.717, 1.165) is 0 Å². The van der Waals surface area contributed by atoms with Crippen molar-refractivity contribution in [2.24, 2.45) is 5.73 Å². The summed E-state index contributed by atoms with van der Waals surface area (Å²) < 4.78 is 5.28. The monoisotopic (exact) mass is 146 g/mol. The Morgan fingerprint density at radius 2 is 2.10 bits per heavy atom. The molecular formula is C7H18N2O. The van der Waals surface area contributed by atoms with Crippen LogP contribution in [0.2, 0.25) is 0 Å². The highest BCUT2D eigenvalue weighted by atomic mass is 16.5. The van der Waals surface area contributed by atoms with Crippen molar-refractivity contribution in [3.05, 3.63) is 12.7 Å². The van der Waals surface area contributed by atoms with Crippen LogP contribution in [-0.4, -0.2) is 18.8 Å². The van der Waals surface area contributed by atoms with Crippen molar-refractivity contribution in [1.82, 2.24) is 6.15 Å². The lowest BCUT2D eigenvalue weighted by atomic mass is 10.1. The normalized spacial score (nSPS) is 10.3. The molecule has 3 nitrogen and oxygen atoms in total. The van der Waals surface area contributed by atoms with E-state index in [9.17, 15) is 0 Å². The Kier molecular flexibility index (Phi) is 6.66. The summed E-state index contributed by atoms with van der Waals surface area (Å²) in [5.41, 5.74) is 5.19. The summed E-state index contributed by atoms with van der Waals surface area (Å²) in [5, 5.41) is 0. The summed E-state index contributed by atoms with van der Waals surface area (Å²) >= 11 is 0. The van der Waals surface area contributed by atoms with Crippen LogP contribution in [0.5, 0.6) is 0 Å². The van der Waals surface area contributed by atoms with E-state index in [1.807, 2.05) is 13.8 Å². The molecule has 0 atom stereocenters. The average Bonchev–Trinajstić information content (AvgIpc) is 1.84. The molecule has 62 valence electrons. The van der Waals surface area contributed by atoms with Gasteiger partial charge in [0.25, 0.3) is 0 Å². The van der Waals surface area contributed by atoms with Crippen LogP contribution in [0.1, 0.15) is 13.8 Å². The molecule has 0 aromatic heterocycles. The number of ether oxygens (including phenoxy) is 1. The molecule has 5 N–H and O–H groups in total. The standard InChI is InChI=1S/C7H15NO.H3N/c1-4-5-9-7(2,3)6-8;/h4H,1,5-6,8H2,2-3H3;1H3. The van der Waals surface area contributed by atoms with Gasteiger partial charge in [0.1, 0.15) is 0 Å². The topological polar surface area (TPSA) is 70.2 Å². The summed E-state index contributed by atoms with van der Waals surface area (Å²) in [6.07, 6.45) is 1.72. The second-order valence-corrected chi connectivity index (χ2v) is 2.56. The first-order chi connectivity index (χ1) is 4.12. The fourth-order valence-electron chi connectivity index (χ4n) is 0.343. The van der Waals surface area contributed by atoms with Gasteiger partial charge in [0, 0.05) is 6.54 Å². The second kappa shape index (κ2) is 5.41. The van der Waals surface area contributed by atoms with Gasteiger partial charge < -0.3 is 16.6 Å². The molecule has 0 aromatic carbocycles. The molecule has 0 radical (unpaired) electrons. The van der Waals surface area contributed by atoms with Crippen LogP contribution in [-0.2, 0) is 4.74 Å². The van der Waals surface area contributed by atoms with Crippen molar-refractivity contribution < 1.29 is 4.74 Å². The summed E-state index contributed by atoms with van der Waals surface area (Å²) in [6.45, 7) is 8.56. The van der Waals surface area contributed by atoms with E-state index < -0.39 is 0 Å². The van der Waals surface area contributed by atoms with Gasteiger partial charge in [0.15, 0.2) is 0 Å². The lowest BCUT2D eigenvalue weighted by Crippen LogP contribution is -2.33. The van der Waals surface area contributed by atoms with E-state index in [0.29, 0.717) is 13.2 Å². The molecule has 10 heavy (non-hydrogen) atoms. The van der Waals surface area contributed by atoms with Crippen LogP contribution >= 0.6 is 0 Å². The van der Waals surface area contributed by atoms with Crippen molar-refractivity contribution in [1.29, 1.82) is 0 Å². The Hall–Kier alpha value is -0.380. The van der Waals surface area contributed by atoms with E-state index in [2.05, 4.69) is 6.58 Å². The average molecular weight is 146 g/mol. The molecule has 0 aliphatic rings. The number of nitrogens with two attached hydrogens (primary N) is 1. The molecular weight excluding hydrogens is 128 g/mol. The largest absolute Gasteiger partial charge is 0.370 e. The Balaban J connectivity index is 0. The molecule has 0 aromatic rings. The maximum Gasteiger partial charge on any atom is 0.0752 e. The van der Waals surface area contributed by atoms with Crippen LogP contribution in [0, 0.1) is 0 Å². The zero-order valence-corrected chi connectivity index (χ0v) is 6.89. The van der Waals surface area contributed by atoms with Crippen molar-refractivity contribution in [2.75, 3.05) is 13.2 Å². The van der Waals surface area contributed by atoms with Gasteiger partial charge >= 0.3 is 0 Å². The molecule has 0 saturated carbocycles. The molecule has 0 heterocycles. The van der Waals surface area contributed by atoms with Gasteiger partial charge in [0.2, 0.25) is 0 Å². The molecule has 0 aliphatic heterocycles. The lowest BCUT2D eigenvalue weighted by molar-refractivity contribution is 0.00692. The van der Waals surface area contributed by atoms with Crippen LogP contribution in [0.4, 0.5) is 0 Å². The van der Waals surface area contributed by atoms with Gasteiger partial charge in [-0.25, -0.2) is 0 Å². The van der Waals surface area contributed by atoms with Gasteiger partial charge in [-0.05, 0) is 13.8 Å². The van der Waals surface area contributed by atoms with Crippen molar-refractivity contribution in [2.45, 2.75) is 19.4 Å². The molecule has 0 fully saturated rings. The van der Waals surface area contributed by atoms with E-state index in [1.165, 1.54) is 0 Å². The molecule has 0 spiro atoms. The summed E-state index contributed by atoms with van der Waals surface area (Å²) in [6, 6.07) is 0. The number of rotatable bonds is 4. The minimum absolute atomic E-state index is 0. The first-order valence-electron chi connectivity index (χ1n) is 3.07. The Morgan fingerprint density at radius 3 is 2.40 bits per heavy atom. The minimum Gasteiger partial charge on any atom is -0.370 e. The van der Waals surface area contributed by atoms with Gasteiger partial charge in [0.05, 0.1) is 12.2 Å². The summed E-state index contributed by atoms with van der Waals surface area (Å²) in [7, 11) is 0. The van der Waals surface area contributed by atoms with Gasteiger partial charge in [-0.3, -0.25) is 0 Å². The van der Waals surface area contributed by atoms with Gasteiger partial charge in [-0.15, -0.1) is 6.58 Å². The van der Waals surface area contributed by atoms with Crippen LogP contribution in [0.15, 0.2) is 12.7 Å². The zero-order chi connectivity index (χ0) is 7.33. The third-order valence-corrected chi connectivity index (χ3v) is 1.08. The Morgan fingerprint density at radius 1 is 1.60 bits per heavy atom. The van der Waals surface area contributed by atoms with Gasteiger partial charge in [-0.1, -0.05) is 6.08 Å². The lowest BCUT2D eigenvalue weighted by Gasteiger charge is -2.21. The van der Waals surface area contributed by atoms with E-state index in [4.69, 9.17) is 10.5 Å². The number of hydrogen-bond acceptors (Lipinski definition) is 3. The predicted octanol–water partition coefficient (Wildman–Crippen LogP) is 1.09. The highest BCUT2D eigenvalue weighted by molar-refractivity contribution is 4.73.